The molecule has 2 atom stereocenters. The largest absolute Gasteiger partial charge is 0.368 e. The first-order valence-corrected chi connectivity index (χ1v) is 9.04. The fourth-order valence-electron chi connectivity index (χ4n) is 3.20. The van der Waals surface area contributed by atoms with Crippen molar-refractivity contribution in [3.05, 3.63) is 30.1 Å². The Morgan fingerprint density at radius 3 is 2.35 bits per heavy atom. The van der Waals surface area contributed by atoms with Gasteiger partial charge >= 0.3 is 0 Å². The first kappa shape index (κ1) is 18.4. The van der Waals surface area contributed by atoms with E-state index in [-0.39, 0.29) is 30.2 Å². The number of hydrogen-bond donors (Lipinski definition) is 1. The highest BCUT2D eigenvalue weighted by Gasteiger charge is 2.42. The third kappa shape index (κ3) is 3.57. The summed E-state index contributed by atoms with van der Waals surface area (Å²) in [5, 5.41) is 5.83. The lowest BCUT2D eigenvalue weighted by Gasteiger charge is -2.32. The van der Waals surface area contributed by atoms with Crippen LogP contribution < -0.4 is 10.7 Å². The van der Waals surface area contributed by atoms with Gasteiger partial charge in [-0.2, -0.15) is 5.10 Å². The third-order valence-electron chi connectivity index (χ3n) is 5.16. The first-order valence-electron chi connectivity index (χ1n) is 9.04. The lowest BCUT2D eigenvalue weighted by atomic mass is 10.0. The van der Waals surface area contributed by atoms with Gasteiger partial charge < -0.3 is 10.6 Å². The second-order valence-electron chi connectivity index (χ2n) is 7.42. The average molecular weight is 360 g/mol. The maximum atomic E-state index is 13.2. The van der Waals surface area contributed by atoms with Crippen LogP contribution in [0.25, 0.3) is 0 Å². The molecule has 26 heavy (non-hydrogen) atoms. The van der Waals surface area contributed by atoms with Crippen molar-refractivity contribution in [3.63, 3.8) is 0 Å². The summed E-state index contributed by atoms with van der Waals surface area (Å²) in [6.07, 6.45) is 2.16. The van der Waals surface area contributed by atoms with E-state index in [4.69, 9.17) is 5.73 Å². The Bertz CT molecular complexity index is 728. The van der Waals surface area contributed by atoms with Crippen LogP contribution >= 0.6 is 0 Å². The van der Waals surface area contributed by atoms with Crippen molar-refractivity contribution in [1.29, 1.82) is 0 Å². The van der Waals surface area contributed by atoms with E-state index in [2.05, 4.69) is 18.9 Å². The zero-order valence-electron chi connectivity index (χ0n) is 15.4. The van der Waals surface area contributed by atoms with E-state index in [1.807, 2.05) is 11.8 Å². The SMILES string of the molecule is CC(C)C(C)N(C(=O)C1=NN(c2ccc(F)cc2)C(C(N)=O)C1)C1CC1. The Morgan fingerprint density at radius 1 is 1.23 bits per heavy atom. The summed E-state index contributed by atoms with van der Waals surface area (Å²) >= 11 is 0. The normalized spacial score (nSPS) is 20.9. The van der Waals surface area contributed by atoms with Crippen LogP contribution in [0.1, 0.15) is 40.0 Å². The maximum absolute atomic E-state index is 13.2. The molecule has 2 aliphatic rings. The molecule has 140 valence electrons. The van der Waals surface area contributed by atoms with E-state index in [0.717, 1.165) is 12.8 Å². The van der Waals surface area contributed by atoms with Crippen molar-refractivity contribution in [1.82, 2.24) is 4.90 Å². The smallest absolute Gasteiger partial charge is 0.270 e. The molecule has 0 radical (unpaired) electrons. The highest BCUT2D eigenvalue weighted by molar-refractivity contribution is 6.40. The number of carbonyl (C=O) groups excluding carboxylic acids is 2. The summed E-state index contributed by atoms with van der Waals surface area (Å²) in [6.45, 7) is 6.21. The van der Waals surface area contributed by atoms with E-state index in [1.165, 1.54) is 29.3 Å². The van der Waals surface area contributed by atoms with Gasteiger partial charge in [-0.3, -0.25) is 14.6 Å². The van der Waals surface area contributed by atoms with Crippen molar-refractivity contribution in [2.75, 3.05) is 5.01 Å². The number of benzene rings is 1. The van der Waals surface area contributed by atoms with Crippen LogP contribution in [0.5, 0.6) is 0 Å². The summed E-state index contributed by atoms with van der Waals surface area (Å²) < 4.78 is 13.2. The number of halogens is 1. The highest BCUT2D eigenvalue weighted by atomic mass is 19.1. The molecular weight excluding hydrogens is 335 g/mol. The van der Waals surface area contributed by atoms with Crippen LogP contribution in [0.15, 0.2) is 29.4 Å². The Hall–Kier alpha value is -2.44. The van der Waals surface area contributed by atoms with Gasteiger partial charge in [0.2, 0.25) is 5.91 Å². The van der Waals surface area contributed by atoms with Crippen LogP contribution in [0.2, 0.25) is 0 Å². The molecule has 2 unspecified atom stereocenters. The number of hydrogen-bond acceptors (Lipinski definition) is 4. The first-order chi connectivity index (χ1) is 12.3. The molecule has 2 amide bonds. The number of primary amides is 1. The monoisotopic (exact) mass is 360 g/mol. The van der Waals surface area contributed by atoms with Gasteiger partial charge in [-0.05, 0) is 49.9 Å². The molecule has 0 aromatic heterocycles. The molecule has 0 spiro atoms. The molecule has 6 nitrogen and oxygen atoms in total. The van der Waals surface area contributed by atoms with Crippen molar-refractivity contribution >= 4 is 23.2 Å². The van der Waals surface area contributed by atoms with Gasteiger partial charge in [0.15, 0.2) is 0 Å². The van der Waals surface area contributed by atoms with E-state index >= 15 is 0 Å². The van der Waals surface area contributed by atoms with E-state index in [0.29, 0.717) is 17.3 Å². The highest BCUT2D eigenvalue weighted by Crippen LogP contribution is 2.33. The van der Waals surface area contributed by atoms with Gasteiger partial charge in [-0.15, -0.1) is 0 Å². The predicted octanol–water partition coefficient (Wildman–Crippen LogP) is 2.28. The number of rotatable bonds is 6. The predicted molar refractivity (Wildman–Crippen MR) is 98.1 cm³/mol. The Balaban J connectivity index is 1.88. The molecule has 1 fully saturated rings. The van der Waals surface area contributed by atoms with E-state index < -0.39 is 11.9 Å². The van der Waals surface area contributed by atoms with Gasteiger partial charge in [-0.25, -0.2) is 4.39 Å². The number of hydrazone groups is 1. The molecule has 3 rings (SSSR count). The Morgan fingerprint density at radius 2 is 1.85 bits per heavy atom. The number of nitrogens with zero attached hydrogens (tertiary/aromatic N) is 3. The lowest BCUT2D eigenvalue weighted by molar-refractivity contribution is -0.127. The van der Waals surface area contributed by atoms with Crippen LogP contribution in [0, 0.1) is 11.7 Å². The molecule has 1 aliphatic heterocycles. The van der Waals surface area contributed by atoms with Gasteiger partial charge in [0, 0.05) is 18.5 Å². The third-order valence-corrected chi connectivity index (χ3v) is 5.16. The van der Waals surface area contributed by atoms with E-state index in [9.17, 15) is 14.0 Å². The molecule has 0 saturated heterocycles. The van der Waals surface area contributed by atoms with Gasteiger partial charge in [-0.1, -0.05) is 13.8 Å². The number of nitrogens with two attached hydrogens (primary N) is 1. The quantitative estimate of drug-likeness (QED) is 0.845. The second kappa shape index (κ2) is 7.05. The molecule has 1 saturated carbocycles. The molecule has 1 aromatic rings. The minimum atomic E-state index is -0.741. The minimum Gasteiger partial charge on any atom is -0.368 e. The fourth-order valence-corrected chi connectivity index (χ4v) is 3.20. The Labute approximate surface area is 152 Å². The summed E-state index contributed by atoms with van der Waals surface area (Å²) in [7, 11) is 0. The van der Waals surface area contributed by atoms with E-state index in [1.54, 1.807) is 0 Å². The molecule has 1 aliphatic carbocycles. The van der Waals surface area contributed by atoms with Crippen LogP contribution in [-0.2, 0) is 9.59 Å². The average Bonchev–Trinajstić information content (AvgIpc) is 3.31. The fraction of sp³-hybridized carbons (Fsp3) is 0.526. The second-order valence-corrected chi connectivity index (χ2v) is 7.42. The number of anilines is 1. The molecule has 0 bridgehead atoms. The summed E-state index contributed by atoms with van der Waals surface area (Å²) in [4.78, 5) is 26.9. The maximum Gasteiger partial charge on any atom is 0.270 e. The Kier molecular flexibility index (Phi) is 4.98. The molecular formula is C19H25FN4O2. The van der Waals surface area contributed by atoms with Crippen molar-refractivity contribution in [3.8, 4) is 0 Å². The molecule has 1 heterocycles. The minimum absolute atomic E-state index is 0.0876. The zero-order chi connectivity index (χ0) is 19.0. The zero-order valence-corrected chi connectivity index (χ0v) is 15.4. The topological polar surface area (TPSA) is 79.0 Å². The number of amides is 2. The standard InChI is InChI=1S/C19H25FN4O2/c1-11(2)12(3)23(14-8-9-14)19(26)16-10-17(18(21)25)24(22-16)15-6-4-13(20)5-7-15/h4-7,11-12,14,17H,8-10H2,1-3H3,(H2,21,25). The van der Waals surface area contributed by atoms with Crippen molar-refractivity contribution < 1.29 is 14.0 Å². The van der Waals surface area contributed by atoms with Crippen LogP contribution in [-0.4, -0.2) is 40.6 Å². The van der Waals surface area contributed by atoms with Crippen LogP contribution in [0.3, 0.4) is 0 Å². The van der Waals surface area contributed by atoms with Crippen molar-refractivity contribution in [2.45, 2.75) is 58.2 Å². The molecule has 7 heteroatoms. The molecule has 2 N–H and O–H groups in total. The van der Waals surface area contributed by atoms with Gasteiger partial charge in [0.05, 0.1) is 5.69 Å². The lowest BCUT2D eigenvalue weighted by Crippen LogP contribution is -2.46. The summed E-state index contributed by atoms with van der Waals surface area (Å²) in [5.74, 6) is -0.753. The number of carbonyl (C=O) groups is 2. The van der Waals surface area contributed by atoms with Crippen LogP contribution in [0.4, 0.5) is 10.1 Å². The summed E-state index contributed by atoms with van der Waals surface area (Å²) in [5.41, 5.74) is 6.39. The van der Waals surface area contributed by atoms with Crippen molar-refractivity contribution in [2.24, 2.45) is 16.8 Å². The van der Waals surface area contributed by atoms with Gasteiger partial charge in [0.1, 0.15) is 17.6 Å². The summed E-state index contributed by atoms with van der Waals surface area (Å²) in [6, 6.07) is 5.23. The van der Waals surface area contributed by atoms with Gasteiger partial charge in [0.25, 0.3) is 5.91 Å². The molecule has 1 aromatic carbocycles.